The van der Waals surface area contributed by atoms with E-state index in [4.69, 9.17) is 22.4 Å². The molecule has 0 saturated carbocycles. The zero-order valence-electron chi connectivity index (χ0n) is 7.34. The number of carboxylic acids is 1. The van der Waals surface area contributed by atoms with Crippen LogP contribution in [0.3, 0.4) is 0 Å². The molecule has 0 aliphatic rings. The summed E-state index contributed by atoms with van der Waals surface area (Å²) >= 11 is 5.42. The van der Waals surface area contributed by atoms with E-state index in [1.807, 2.05) is 0 Å². The third kappa shape index (κ3) is 1.63. The fourth-order valence-electron chi connectivity index (χ4n) is 1.09. The molecule has 76 valence electrons. The number of pyridine rings is 1. The lowest BCUT2D eigenvalue weighted by Crippen LogP contribution is -2.11. The first-order chi connectivity index (χ1) is 6.49. The van der Waals surface area contributed by atoms with Crippen molar-refractivity contribution in [1.82, 2.24) is 4.98 Å². The van der Waals surface area contributed by atoms with Crippen LogP contribution in [-0.4, -0.2) is 16.1 Å². The molecule has 0 radical (unpaired) electrons. The monoisotopic (exact) mass is 218 g/mol. The lowest BCUT2D eigenvalue weighted by atomic mass is 10.1. The highest BCUT2D eigenvalue weighted by molar-refractivity contribution is 6.30. The molecule has 0 amide bonds. The van der Waals surface area contributed by atoms with Crippen molar-refractivity contribution < 1.29 is 14.3 Å². The molecular weight excluding hydrogens is 211 g/mol. The van der Waals surface area contributed by atoms with Gasteiger partial charge < -0.3 is 10.8 Å². The number of hydrogen-bond donors (Lipinski definition) is 2. The zero-order chi connectivity index (χ0) is 10.9. The van der Waals surface area contributed by atoms with Gasteiger partial charge in [-0.25, -0.2) is 14.2 Å². The van der Waals surface area contributed by atoms with Gasteiger partial charge in [-0.05, 0) is 6.42 Å². The normalized spacial score (nSPS) is 10.2. The first-order valence-electron chi connectivity index (χ1n) is 3.85. The van der Waals surface area contributed by atoms with Gasteiger partial charge in [0.25, 0.3) is 0 Å². The molecule has 0 unspecified atom stereocenters. The number of carbonyl (C=O) groups is 1. The number of aryl methyl sites for hydroxylation is 1. The van der Waals surface area contributed by atoms with Crippen molar-refractivity contribution in [1.29, 1.82) is 0 Å². The minimum atomic E-state index is -1.30. The van der Waals surface area contributed by atoms with Gasteiger partial charge in [-0.3, -0.25) is 0 Å². The topological polar surface area (TPSA) is 76.2 Å². The van der Waals surface area contributed by atoms with Crippen molar-refractivity contribution in [3.63, 3.8) is 0 Å². The van der Waals surface area contributed by atoms with Gasteiger partial charge in [0.1, 0.15) is 5.56 Å². The van der Waals surface area contributed by atoms with Gasteiger partial charge >= 0.3 is 5.97 Å². The Balaban J connectivity index is 3.53. The lowest BCUT2D eigenvalue weighted by Gasteiger charge is -2.07. The van der Waals surface area contributed by atoms with E-state index in [-0.39, 0.29) is 11.3 Å². The maximum absolute atomic E-state index is 13.1. The summed E-state index contributed by atoms with van der Waals surface area (Å²) in [5.74, 6) is -2.29. The second-order valence-electron chi connectivity index (χ2n) is 2.61. The minimum absolute atomic E-state index is 0.182. The molecule has 6 heteroatoms. The van der Waals surface area contributed by atoms with Crippen LogP contribution in [0, 0.1) is 5.82 Å². The molecule has 1 aromatic heterocycles. The quantitative estimate of drug-likeness (QED) is 0.741. The van der Waals surface area contributed by atoms with E-state index in [2.05, 4.69) is 4.98 Å². The van der Waals surface area contributed by atoms with Crippen molar-refractivity contribution in [3.8, 4) is 0 Å². The van der Waals surface area contributed by atoms with Crippen LogP contribution in [0.4, 0.5) is 10.1 Å². The molecule has 4 nitrogen and oxygen atoms in total. The van der Waals surface area contributed by atoms with Crippen LogP contribution < -0.4 is 5.73 Å². The smallest absolute Gasteiger partial charge is 0.339 e. The SMILES string of the molecule is CCc1nc(Cl)c(F)c(N)c1C(=O)O. The molecule has 1 rings (SSSR count). The molecule has 0 aliphatic carbocycles. The Kier molecular flexibility index (Phi) is 2.90. The Morgan fingerprint density at radius 1 is 1.71 bits per heavy atom. The fraction of sp³-hybridized carbons (Fsp3) is 0.250. The number of hydrogen-bond acceptors (Lipinski definition) is 3. The average molecular weight is 219 g/mol. The van der Waals surface area contributed by atoms with Crippen molar-refractivity contribution in [2.24, 2.45) is 0 Å². The molecule has 0 fully saturated rings. The first-order valence-corrected chi connectivity index (χ1v) is 4.23. The summed E-state index contributed by atoms with van der Waals surface area (Å²) in [6.07, 6.45) is 0.325. The average Bonchev–Trinajstić information content (AvgIpc) is 2.12. The largest absolute Gasteiger partial charge is 0.478 e. The van der Waals surface area contributed by atoms with Crippen LogP contribution in [0.2, 0.25) is 5.15 Å². The summed E-state index contributed by atoms with van der Waals surface area (Å²) in [5.41, 5.74) is 4.69. The highest BCUT2D eigenvalue weighted by atomic mass is 35.5. The Labute approximate surface area is 84.5 Å². The van der Waals surface area contributed by atoms with Crippen LogP contribution in [0.1, 0.15) is 23.0 Å². The highest BCUT2D eigenvalue weighted by Gasteiger charge is 2.20. The van der Waals surface area contributed by atoms with Gasteiger partial charge in [-0.1, -0.05) is 18.5 Å². The van der Waals surface area contributed by atoms with Crippen molar-refractivity contribution in [3.05, 3.63) is 22.2 Å². The number of nitrogens with two attached hydrogens (primary N) is 1. The Bertz CT molecular complexity index is 395. The highest BCUT2D eigenvalue weighted by Crippen LogP contribution is 2.25. The number of nitrogen functional groups attached to an aromatic ring is 1. The maximum atomic E-state index is 13.1. The van der Waals surface area contributed by atoms with E-state index in [9.17, 15) is 9.18 Å². The molecule has 0 saturated heterocycles. The second-order valence-corrected chi connectivity index (χ2v) is 2.97. The van der Waals surface area contributed by atoms with E-state index in [0.29, 0.717) is 6.42 Å². The molecule has 0 aromatic carbocycles. The maximum Gasteiger partial charge on any atom is 0.339 e. The van der Waals surface area contributed by atoms with Gasteiger partial charge in [0.15, 0.2) is 11.0 Å². The van der Waals surface area contributed by atoms with Gasteiger partial charge in [0.05, 0.1) is 11.4 Å². The Morgan fingerprint density at radius 2 is 2.29 bits per heavy atom. The van der Waals surface area contributed by atoms with E-state index < -0.39 is 22.6 Å². The number of anilines is 1. The Hall–Kier alpha value is -1.36. The van der Waals surface area contributed by atoms with Gasteiger partial charge in [-0.15, -0.1) is 0 Å². The number of halogens is 2. The summed E-state index contributed by atoms with van der Waals surface area (Å²) in [4.78, 5) is 14.3. The second kappa shape index (κ2) is 3.79. The van der Waals surface area contributed by atoms with Crippen LogP contribution in [0.5, 0.6) is 0 Å². The molecular formula is C8H8ClFN2O2. The van der Waals surface area contributed by atoms with E-state index in [0.717, 1.165) is 0 Å². The number of aromatic carboxylic acids is 1. The summed E-state index contributed by atoms with van der Waals surface area (Å²) in [6.45, 7) is 1.68. The third-order valence-electron chi connectivity index (χ3n) is 1.76. The first kappa shape index (κ1) is 10.7. The van der Waals surface area contributed by atoms with E-state index in [1.54, 1.807) is 6.92 Å². The van der Waals surface area contributed by atoms with Crippen molar-refractivity contribution >= 4 is 23.3 Å². The van der Waals surface area contributed by atoms with Gasteiger partial charge in [0, 0.05) is 0 Å². The predicted molar refractivity (Wildman–Crippen MR) is 50.0 cm³/mol. The molecule has 1 heterocycles. The van der Waals surface area contributed by atoms with Crippen LogP contribution in [0.15, 0.2) is 0 Å². The van der Waals surface area contributed by atoms with E-state index >= 15 is 0 Å². The molecule has 0 aliphatic heterocycles. The van der Waals surface area contributed by atoms with Crippen LogP contribution in [-0.2, 0) is 6.42 Å². The van der Waals surface area contributed by atoms with Gasteiger partial charge in [-0.2, -0.15) is 0 Å². The lowest BCUT2D eigenvalue weighted by molar-refractivity contribution is 0.0696. The number of nitrogens with zero attached hydrogens (tertiary/aromatic N) is 1. The number of aromatic nitrogens is 1. The molecule has 14 heavy (non-hydrogen) atoms. The molecule has 0 atom stereocenters. The summed E-state index contributed by atoms with van der Waals surface area (Å²) in [5, 5.41) is 8.36. The van der Waals surface area contributed by atoms with Crippen molar-refractivity contribution in [2.45, 2.75) is 13.3 Å². The third-order valence-corrected chi connectivity index (χ3v) is 2.01. The molecule has 3 N–H and O–H groups in total. The van der Waals surface area contributed by atoms with Gasteiger partial charge in [0.2, 0.25) is 0 Å². The predicted octanol–water partition coefficient (Wildman–Crippen LogP) is 1.72. The van der Waals surface area contributed by atoms with Crippen LogP contribution in [0.25, 0.3) is 0 Å². The summed E-state index contributed by atoms with van der Waals surface area (Å²) < 4.78 is 13.1. The molecule has 0 bridgehead atoms. The number of rotatable bonds is 2. The molecule has 0 spiro atoms. The Morgan fingerprint density at radius 3 is 2.71 bits per heavy atom. The van der Waals surface area contributed by atoms with E-state index in [1.165, 1.54) is 0 Å². The van der Waals surface area contributed by atoms with Crippen LogP contribution >= 0.6 is 11.6 Å². The fourth-order valence-corrected chi connectivity index (χ4v) is 1.30. The summed E-state index contributed by atoms with van der Waals surface area (Å²) in [7, 11) is 0. The van der Waals surface area contributed by atoms with Crippen molar-refractivity contribution in [2.75, 3.05) is 5.73 Å². The minimum Gasteiger partial charge on any atom is -0.478 e. The molecule has 1 aromatic rings. The summed E-state index contributed by atoms with van der Waals surface area (Å²) in [6, 6.07) is 0. The number of carboxylic acid groups (broad SMARTS) is 1. The zero-order valence-corrected chi connectivity index (χ0v) is 8.10. The standard InChI is InChI=1S/C8H8ClFN2O2/c1-2-3-4(8(13)14)6(11)5(10)7(9)12-3/h2H2,1H3,(H2,11,12)(H,13,14).